The maximum absolute atomic E-state index is 13.3. The number of aromatic nitrogens is 3. The van der Waals surface area contributed by atoms with Crippen LogP contribution in [0.4, 0.5) is 0 Å². The van der Waals surface area contributed by atoms with Crippen molar-refractivity contribution in [1.29, 1.82) is 5.41 Å². The number of carbonyl (C=O) groups is 1. The Morgan fingerprint density at radius 2 is 2.25 bits per heavy atom. The number of amides is 1. The van der Waals surface area contributed by atoms with Crippen LogP contribution >= 0.6 is 0 Å². The fourth-order valence-corrected chi connectivity index (χ4v) is 4.06. The van der Waals surface area contributed by atoms with Gasteiger partial charge in [-0.15, -0.1) is 0 Å². The molecule has 0 aromatic carbocycles. The number of nitrogens with zero attached hydrogens (tertiary/aromatic N) is 3. The lowest BCUT2D eigenvalue weighted by molar-refractivity contribution is 0.0855. The van der Waals surface area contributed by atoms with Crippen LogP contribution < -0.4 is 16.4 Å². The Balaban J connectivity index is 1.81. The second-order valence-corrected chi connectivity index (χ2v) is 7.99. The first-order chi connectivity index (χ1) is 15.5. The largest absolute Gasteiger partial charge is 0.382 e. The Kier molecular flexibility index (Phi) is 6.66. The Bertz CT molecular complexity index is 1260. The molecule has 1 aliphatic rings. The summed E-state index contributed by atoms with van der Waals surface area (Å²) in [5, 5.41) is 11.9. The summed E-state index contributed by atoms with van der Waals surface area (Å²) in [5.74, 6) is -0.389. The van der Waals surface area contributed by atoms with Gasteiger partial charge in [0.1, 0.15) is 16.8 Å². The number of rotatable bonds is 8. The normalized spacial score (nSPS) is 16.1. The second-order valence-electron chi connectivity index (χ2n) is 7.99. The van der Waals surface area contributed by atoms with Crippen molar-refractivity contribution in [1.82, 2.24) is 19.3 Å². The Morgan fingerprint density at radius 1 is 1.41 bits per heavy atom. The van der Waals surface area contributed by atoms with Gasteiger partial charge in [-0.25, -0.2) is 4.98 Å². The van der Waals surface area contributed by atoms with Crippen LogP contribution in [0.15, 0.2) is 29.2 Å². The molecule has 1 saturated heterocycles. The summed E-state index contributed by atoms with van der Waals surface area (Å²) < 4.78 is 14.1. The molecule has 9 heteroatoms. The third-order valence-corrected chi connectivity index (χ3v) is 5.77. The van der Waals surface area contributed by atoms with Crippen molar-refractivity contribution >= 4 is 22.6 Å². The Labute approximate surface area is 185 Å². The Morgan fingerprint density at radius 3 is 3.00 bits per heavy atom. The number of nitrogens with one attached hydrogen (secondary N) is 2. The first-order valence-electron chi connectivity index (χ1n) is 11.1. The van der Waals surface area contributed by atoms with Gasteiger partial charge in [0.15, 0.2) is 0 Å². The van der Waals surface area contributed by atoms with Gasteiger partial charge in [0.2, 0.25) is 0 Å². The van der Waals surface area contributed by atoms with E-state index in [9.17, 15) is 9.59 Å². The maximum atomic E-state index is 13.3. The number of hydrogen-bond acceptors (Lipinski definition) is 6. The van der Waals surface area contributed by atoms with Gasteiger partial charge in [0, 0.05) is 39.1 Å². The number of ether oxygens (including phenoxy) is 2. The highest BCUT2D eigenvalue weighted by Gasteiger charge is 2.20. The van der Waals surface area contributed by atoms with Crippen molar-refractivity contribution in [2.75, 3.05) is 26.4 Å². The molecule has 2 N–H and O–H groups in total. The molecule has 0 saturated carbocycles. The highest BCUT2D eigenvalue weighted by Crippen LogP contribution is 2.14. The summed E-state index contributed by atoms with van der Waals surface area (Å²) in [4.78, 5) is 31.0. The summed E-state index contributed by atoms with van der Waals surface area (Å²) in [5.41, 5.74) is 1.72. The first kappa shape index (κ1) is 22.2. The average Bonchev–Trinajstić information content (AvgIpc) is 3.31. The van der Waals surface area contributed by atoms with Crippen LogP contribution in [0.2, 0.25) is 0 Å². The maximum Gasteiger partial charge on any atom is 0.267 e. The summed E-state index contributed by atoms with van der Waals surface area (Å²) >= 11 is 0. The molecule has 3 aromatic rings. The van der Waals surface area contributed by atoms with Crippen LogP contribution in [-0.2, 0) is 16.0 Å². The number of fused-ring (bicyclic) bond motifs is 2. The molecule has 32 heavy (non-hydrogen) atoms. The van der Waals surface area contributed by atoms with Crippen molar-refractivity contribution in [3.63, 3.8) is 0 Å². The van der Waals surface area contributed by atoms with E-state index >= 15 is 0 Å². The SMILES string of the molecule is CCOCCCn1c(=N)c(C(=O)NCC2CCCO2)cc2c(=O)n3cccc(C)c3nc21. The third kappa shape index (κ3) is 4.31. The lowest BCUT2D eigenvalue weighted by Crippen LogP contribution is -2.38. The fraction of sp³-hybridized carbons (Fsp3) is 0.478. The smallest absolute Gasteiger partial charge is 0.267 e. The van der Waals surface area contributed by atoms with Crippen molar-refractivity contribution in [2.45, 2.75) is 45.8 Å². The van der Waals surface area contributed by atoms with E-state index in [0.29, 0.717) is 56.0 Å². The van der Waals surface area contributed by atoms with E-state index in [4.69, 9.17) is 19.9 Å². The predicted octanol–water partition coefficient (Wildman–Crippen LogP) is 1.77. The molecule has 1 atom stereocenters. The predicted molar refractivity (Wildman–Crippen MR) is 120 cm³/mol. The van der Waals surface area contributed by atoms with Crippen molar-refractivity contribution in [3.8, 4) is 0 Å². The molecule has 0 bridgehead atoms. The molecule has 1 fully saturated rings. The molecule has 170 valence electrons. The van der Waals surface area contributed by atoms with Crippen LogP contribution in [0.25, 0.3) is 16.7 Å². The van der Waals surface area contributed by atoms with Crippen molar-refractivity contribution in [2.24, 2.45) is 0 Å². The lowest BCUT2D eigenvalue weighted by Gasteiger charge is -2.16. The van der Waals surface area contributed by atoms with Crippen LogP contribution in [0, 0.1) is 12.3 Å². The molecule has 0 radical (unpaired) electrons. The van der Waals surface area contributed by atoms with Gasteiger partial charge in [0.05, 0.1) is 17.1 Å². The van der Waals surface area contributed by atoms with Gasteiger partial charge < -0.3 is 19.4 Å². The minimum Gasteiger partial charge on any atom is -0.382 e. The summed E-state index contributed by atoms with van der Waals surface area (Å²) in [6, 6.07) is 5.18. The molecule has 0 spiro atoms. The fourth-order valence-electron chi connectivity index (χ4n) is 4.06. The van der Waals surface area contributed by atoms with Gasteiger partial charge >= 0.3 is 0 Å². The molecular formula is C23H29N5O4. The number of aryl methyl sites for hydroxylation is 2. The monoisotopic (exact) mass is 439 g/mol. The highest BCUT2D eigenvalue weighted by atomic mass is 16.5. The molecule has 9 nitrogen and oxygen atoms in total. The van der Waals surface area contributed by atoms with E-state index in [1.165, 1.54) is 10.5 Å². The number of hydrogen-bond donors (Lipinski definition) is 2. The topological polar surface area (TPSA) is 111 Å². The van der Waals surface area contributed by atoms with Gasteiger partial charge in [-0.05, 0) is 50.8 Å². The first-order valence-corrected chi connectivity index (χ1v) is 11.1. The zero-order chi connectivity index (χ0) is 22.7. The van der Waals surface area contributed by atoms with Gasteiger partial charge in [-0.3, -0.25) is 19.4 Å². The zero-order valence-corrected chi connectivity index (χ0v) is 18.5. The average molecular weight is 440 g/mol. The van der Waals surface area contributed by atoms with Crippen LogP contribution in [0.1, 0.15) is 42.1 Å². The molecular weight excluding hydrogens is 410 g/mol. The van der Waals surface area contributed by atoms with E-state index < -0.39 is 0 Å². The van der Waals surface area contributed by atoms with E-state index in [1.54, 1.807) is 16.8 Å². The lowest BCUT2D eigenvalue weighted by atomic mass is 10.1. The molecule has 1 amide bonds. The molecule has 4 rings (SSSR count). The summed E-state index contributed by atoms with van der Waals surface area (Å²) in [6.07, 6.45) is 4.18. The Hall–Kier alpha value is -3.04. The molecule has 3 aromatic heterocycles. The minimum absolute atomic E-state index is 0.00823. The molecule has 1 unspecified atom stereocenters. The summed E-state index contributed by atoms with van der Waals surface area (Å²) in [6.45, 7) is 6.44. The third-order valence-electron chi connectivity index (χ3n) is 5.77. The molecule has 0 aliphatic carbocycles. The van der Waals surface area contributed by atoms with Gasteiger partial charge in [-0.1, -0.05) is 6.07 Å². The van der Waals surface area contributed by atoms with E-state index in [0.717, 1.165) is 18.4 Å². The van der Waals surface area contributed by atoms with Crippen molar-refractivity contribution in [3.05, 3.63) is 51.4 Å². The van der Waals surface area contributed by atoms with E-state index in [2.05, 4.69) is 5.32 Å². The molecule has 1 aliphatic heterocycles. The van der Waals surface area contributed by atoms with Crippen LogP contribution in [0.5, 0.6) is 0 Å². The highest BCUT2D eigenvalue weighted by molar-refractivity contribution is 5.96. The van der Waals surface area contributed by atoms with Crippen molar-refractivity contribution < 1.29 is 14.3 Å². The zero-order valence-electron chi connectivity index (χ0n) is 18.5. The standard InChI is InChI=1S/C23H29N5O4/c1-3-31-11-6-10-27-19(24)17(22(29)25-14-16-8-5-12-32-16)13-18-21(27)26-20-15(2)7-4-9-28(20)23(18)30/h4,7,9,13,16,24H,3,5-6,8,10-12,14H2,1-2H3,(H,25,29). The molecule has 4 heterocycles. The summed E-state index contributed by atoms with van der Waals surface area (Å²) in [7, 11) is 0. The quantitative estimate of drug-likeness (QED) is 0.411. The number of carbonyl (C=O) groups excluding carboxylic acids is 1. The van der Waals surface area contributed by atoms with Gasteiger partial charge in [-0.2, -0.15) is 0 Å². The van der Waals surface area contributed by atoms with E-state index in [1.807, 2.05) is 19.9 Å². The minimum atomic E-state index is -0.389. The van der Waals surface area contributed by atoms with E-state index in [-0.39, 0.29) is 28.6 Å². The number of pyridine rings is 2. The van der Waals surface area contributed by atoms with Crippen LogP contribution in [0.3, 0.4) is 0 Å². The second kappa shape index (κ2) is 9.62. The van der Waals surface area contributed by atoms with Crippen LogP contribution in [-0.4, -0.2) is 52.3 Å². The van der Waals surface area contributed by atoms with Gasteiger partial charge in [0.25, 0.3) is 11.5 Å².